The fourth-order valence-electron chi connectivity index (χ4n) is 4.00. The number of ether oxygens (including phenoxy) is 1. The standard InChI is InChI=1S/C22H24FN3O5S/c1-15(27)26-11-12-31-21-6-5-19(14-20(21)26)32(29,30)25-9-7-16(8-10-25)22(28)24-18-4-2-3-17(23)13-18/h2-6,13-14,16H,7-12H2,1H3,(H,24,28). The van der Waals surface area contributed by atoms with Gasteiger partial charge in [0.2, 0.25) is 21.8 Å². The van der Waals surface area contributed by atoms with Gasteiger partial charge < -0.3 is 15.0 Å². The number of nitrogens with zero attached hydrogens (tertiary/aromatic N) is 2. The molecule has 4 rings (SSSR count). The molecule has 1 saturated heterocycles. The Bertz CT molecular complexity index is 1150. The molecule has 2 aromatic carbocycles. The average Bonchev–Trinajstić information content (AvgIpc) is 2.78. The van der Waals surface area contributed by atoms with Crippen molar-refractivity contribution in [2.24, 2.45) is 5.92 Å². The van der Waals surface area contributed by atoms with E-state index >= 15 is 0 Å². The Morgan fingerprint density at radius 2 is 1.84 bits per heavy atom. The lowest BCUT2D eigenvalue weighted by Gasteiger charge is -2.32. The maximum atomic E-state index is 13.3. The molecule has 170 valence electrons. The summed E-state index contributed by atoms with van der Waals surface area (Å²) in [6, 6.07) is 10.1. The Morgan fingerprint density at radius 3 is 2.53 bits per heavy atom. The molecule has 2 aromatic rings. The zero-order valence-electron chi connectivity index (χ0n) is 17.6. The summed E-state index contributed by atoms with van der Waals surface area (Å²) < 4.78 is 46.6. The number of nitrogens with one attached hydrogen (secondary N) is 1. The van der Waals surface area contributed by atoms with E-state index in [1.54, 1.807) is 12.1 Å². The van der Waals surface area contributed by atoms with Gasteiger partial charge in [-0.15, -0.1) is 0 Å². The first kappa shape index (κ1) is 22.2. The molecule has 0 aliphatic carbocycles. The van der Waals surface area contributed by atoms with E-state index in [0.717, 1.165) is 0 Å². The number of fused-ring (bicyclic) bond motifs is 1. The lowest BCUT2D eigenvalue weighted by atomic mass is 9.97. The molecule has 0 spiro atoms. The number of hydrogen-bond acceptors (Lipinski definition) is 5. The minimum absolute atomic E-state index is 0.0793. The van der Waals surface area contributed by atoms with Crippen LogP contribution in [-0.2, 0) is 19.6 Å². The molecule has 10 heteroatoms. The summed E-state index contributed by atoms with van der Waals surface area (Å²) in [5.41, 5.74) is 0.811. The van der Waals surface area contributed by atoms with Gasteiger partial charge in [-0.3, -0.25) is 9.59 Å². The predicted molar refractivity (Wildman–Crippen MR) is 116 cm³/mol. The first-order valence-electron chi connectivity index (χ1n) is 10.4. The summed E-state index contributed by atoms with van der Waals surface area (Å²) in [7, 11) is -3.80. The van der Waals surface area contributed by atoms with E-state index in [1.165, 1.54) is 46.5 Å². The maximum Gasteiger partial charge on any atom is 0.243 e. The van der Waals surface area contributed by atoms with Crippen LogP contribution < -0.4 is 15.0 Å². The van der Waals surface area contributed by atoms with Crippen LogP contribution in [0.5, 0.6) is 5.75 Å². The van der Waals surface area contributed by atoms with Gasteiger partial charge >= 0.3 is 0 Å². The molecular formula is C22H24FN3O5S. The smallest absolute Gasteiger partial charge is 0.243 e. The first-order chi connectivity index (χ1) is 15.3. The topological polar surface area (TPSA) is 96.0 Å². The van der Waals surface area contributed by atoms with E-state index in [0.29, 0.717) is 43.1 Å². The van der Waals surface area contributed by atoms with Crippen molar-refractivity contribution < 1.29 is 27.1 Å². The van der Waals surface area contributed by atoms with Gasteiger partial charge in [0.1, 0.15) is 18.2 Å². The van der Waals surface area contributed by atoms with Gasteiger partial charge in [0, 0.05) is 31.6 Å². The first-order valence-corrected chi connectivity index (χ1v) is 11.8. The van der Waals surface area contributed by atoms with Crippen LogP contribution in [0.25, 0.3) is 0 Å². The van der Waals surface area contributed by atoms with Gasteiger partial charge in [-0.25, -0.2) is 12.8 Å². The van der Waals surface area contributed by atoms with Crippen molar-refractivity contribution in [3.8, 4) is 5.75 Å². The normalized spacial score (nSPS) is 17.4. The lowest BCUT2D eigenvalue weighted by molar-refractivity contribution is -0.121. The molecule has 2 aliphatic rings. The molecular weight excluding hydrogens is 437 g/mol. The number of carbonyl (C=O) groups is 2. The van der Waals surface area contributed by atoms with Crippen LogP contribution >= 0.6 is 0 Å². The van der Waals surface area contributed by atoms with E-state index in [9.17, 15) is 22.4 Å². The Hall–Kier alpha value is -2.98. The van der Waals surface area contributed by atoms with Crippen molar-refractivity contribution in [3.63, 3.8) is 0 Å². The van der Waals surface area contributed by atoms with Crippen LogP contribution in [0.4, 0.5) is 15.8 Å². The number of sulfonamides is 1. The molecule has 32 heavy (non-hydrogen) atoms. The summed E-state index contributed by atoms with van der Waals surface area (Å²) in [6.07, 6.45) is 0.710. The van der Waals surface area contributed by atoms with E-state index < -0.39 is 15.8 Å². The van der Waals surface area contributed by atoms with Crippen molar-refractivity contribution in [1.82, 2.24) is 4.31 Å². The Labute approximate surface area is 186 Å². The van der Waals surface area contributed by atoms with Crippen molar-refractivity contribution in [3.05, 3.63) is 48.3 Å². The maximum absolute atomic E-state index is 13.3. The molecule has 0 radical (unpaired) electrons. The van der Waals surface area contributed by atoms with Crippen LogP contribution in [-0.4, -0.2) is 50.8 Å². The number of benzene rings is 2. The molecule has 0 atom stereocenters. The summed E-state index contributed by atoms with van der Waals surface area (Å²) in [4.78, 5) is 26.0. The second kappa shape index (κ2) is 8.87. The van der Waals surface area contributed by atoms with Gasteiger partial charge in [-0.05, 0) is 49.2 Å². The summed E-state index contributed by atoms with van der Waals surface area (Å²) in [5, 5.41) is 2.69. The number of carbonyl (C=O) groups excluding carboxylic acids is 2. The van der Waals surface area contributed by atoms with Crippen LogP contribution in [0.15, 0.2) is 47.4 Å². The van der Waals surface area contributed by atoms with Crippen molar-refractivity contribution >= 4 is 33.2 Å². The lowest BCUT2D eigenvalue weighted by Crippen LogP contribution is -2.41. The van der Waals surface area contributed by atoms with Crippen LogP contribution in [0.1, 0.15) is 19.8 Å². The zero-order chi connectivity index (χ0) is 22.9. The summed E-state index contributed by atoms with van der Waals surface area (Å²) in [6.45, 7) is 2.51. The highest BCUT2D eigenvalue weighted by Gasteiger charge is 2.33. The van der Waals surface area contributed by atoms with Gasteiger partial charge in [0.05, 0.1) is 17.1 Å². The van der Waals surface area contributed by atoms with Crippen molar-refractivity contribution in [2.75, 3.05) is 36.5 Å². The van der Waals surface area contributed by atoms with Crippen LogP contribution in [0.2, 0.25) is 0 Å². The van der Waals surface area contributed by atoms with E-state index in [2.05, 4.69) is 5.32 Å². The van der Waals surface area contributed by atoms with E-state index in [-0.39, 0.29) is 35.7 Å². The second-order valence-electron chi connectivity index (χ2n) is 7.83. The number of halogens is 1. The Balaban J connectivity index is 1.44. The molecule has 1 fully saturated rings. The number of hydrogen-bond donors (Lipinski definition) is 1. The van der Waals surface area contributed by atoms with Crippen LogP contribution in [0.3, 0.4) is 0 Å². The van der Waals surface area contributed by atoms with Gasteiger partial charge in [0.25, 0.3) is 0 Å². The molecule has 0 aromatic heterocycles. The van der Waals surface area contributed by atoms with Gasteiger partial charge in [-0.2, -0.15) is 4.31 Å². The van der Waals surface area contributed by atoms with E-state index in [4.69, 9.17) is 4.74 Å². The monoisotopic (exact) mass is 461 g/mol. The molecule has 0 bridgehead atoms. The number of piperidine rings is 1. The Morgan fingerprint density at radius 1 is 1.09 bits per heavy atom. The fourth-order valence-corrected chi connectivity index (χ4v) is 5.49. The minimum Gasteiger partial charge on any atom is -0.490 e. The third-order valence-corrected chi connectivity index (χ3v) is 7.62. The summed E-state index contributed by atoms with van der Waals surface area (Å²) in [5.74, 6) is -0.777. The highest BCUT2D eigenvalue weighted by atomic mass is 32.2. The average molecular weight is 462 g/mol. The van der Waals surface area contributed by atoms with Gasteiger partial charge in [-0.1, -0.05) is 6.07 Å². The SMILES string of the molecule is CC(=O)N1CCOc2ccc(S(=O)(=O)N3CCC(C(=O)Nc4cccc(F)c4)CC3)cc21. The zero-order valence-corrected chi connectivity index (χ0v) is 18.4. The largest absolute Gasteiger partial charge is 0.490 e. The molecule has 1 N–H and O–H groups in total. The predicted octanol–water partition coefficient (Wildman–Crippen LogP) is 2.61. The molecule has 0 unspecified atom stereocenters. The fraction of sp³-hybridized carbons (Fsp3) is 0.364. The third kappa shape index (κ3) is 4.46. The Kier molecular flexibility index (Phi) is 6.16. The van der Waals surface area contributed by atoms with Crippen molar-refractivity contribution in [2.45, 2.75) is 24.7 Å². The van der Waals surface area contributed by atoms with Gasteiger partial charge in [0.15, 0.2) is 0 Å². The number of rotatable bonds is 4. The molecule has 2 heterocycles. The highest BCUT2D eigenvalue weighted by Crippen LogP contribution is 2.35. The van der Waals surface area contributed by atoms with Crippen molar-refractivity contribution in [1.29, 1.82) is 0 Å². The summed E-state index contributed by atoms with van der Waals surface area (Å²) >= 11 is 0. The second-order valence-corrected chi connectivity index (χ2v) is 9.76. The molecule has 0 saturated carbocycles. The quantitative estimate of drug-likeness (QED) is 0.755. The minimum atomic E-state index is -3.80. The number of anilines is 2. The van der Waals surface area contributed by atoms with Crippen LogP contribution in [0, 0.1) is 11.7 Å². The highest BCUT2D eigenvalue weighted by molar-refractivity contribution is 7.89. The number of amides is 2. The van der Waals surface area contributed by atoms with E-state index in [1.807, 2.05) is 0 Å². The molecule has 2 amide bonds. The third-order valence-electron chi connectivity index (χ3n) is 5.73. The molecule has 8 nitrogen and oxygen atoms in total. The molecule has 2 aliphatic heterocycles.